The van der Waals surface area contributed by atoms with Crippen molar-refractivity contribution in [2.45, 2.75) is 52.4 Å². The van der Waals surface area contributed by atoms with Crippen LogP contribution in [0.2, 0.25) is 0 Å². The van der Waals surface area contributed by atoms with Crippen molar-refractivity contribution in [3.8, 4) is 0 Å². The van der Waals surface area contributed by atoms with Gasteiger partial charge in [0, 0.05) is 18.8 Å². The summed E-state index contributed by atoms with van der Waals surface area (Å²) in [5, 5.41) is 0. The number of hydrogen-bond acceptors (Lipinski definition) is 1. The van der Waals surface area contributed by atoms with E-state index < -0.39 is 0 Å². The van der Waals surface area contributed by atoms with E-state index in [4.69, 9.17) is 0 Å². The minimum Gasteiger partial charge on any atom is -0.371 e. The van der Waals surface area contributed by atoms with Crippen molar-refractivity contribution in [3.63, 3.8) is 0 Å². The molecule has 100 valence electrons. The summed E-state index contributed by atoms with van der Waals surface area (Å²) in [6.07, 6.45) is 8.27. The van der Waals surface area contributed by atoms with E-state index in [0.29, 0.717) is 5.41 Å². The van der Waals surface area contributed by atoms with E-state index in [9.17, 15) is 0 Å². The van der Waals surface area contributed by atoms with Gasteiger partial charge >= 0.3 is 0 Å². The molecular weight excluding hydrogens is 218 g/mol. The van der Waals surface area contributed by atoms with E-state index in [-0.39, 0.29) is 0 Å². The van der Waals surface area contributed by atoms with Crippen LogP contribution < -0.4 is 4.90 Å². The number of benzene rings is 1. The summed E-state index contributed by atoms with van der Waals surface area (Å²) in [5.74, 6) is 0. The van der Waals surface area contributed by atoms with Gasteiger partial charge in [0.2, 0.25) is 0 Å². The van der Waals surface area contributed by atoms with Crippen LogP contribution in [0.25, 0.3) is 0 Å². The highest BCUT2D eigenvalue weighted by atomic mass is 15.1. The fourth-order valence-electron chi connectivity index (χ4n) is 3.56. The summed E-state index contributed by atoms with van der Waals surface area (Å²) in [4.78, 5) is 2.56. The van der Waals surface area contributed by atoms with Crippen LogP contribution in [0.5, 0.6) is 0 Å². The molecular formula is C17H27N. The molecule has 0 amide bonds. The standard InChI is InChI=1S/C17H27N/c1-3-10-17(11-4-2)12-14-18(15-13-17)16-8-6-5-7-9-16/h5-9H,3-4,10-15H2,1-2H3. The summed E-state index contributed by atoms with van der Waals surface area (Å²) < 4.78 is 0. The van der Waals surface area contributed by atoms with Gasteiger partial charge in [-0.05, 0) is 43.2 Å². The van der Waals surface area contributed by atoms with Gasteiger partial charge in [-0.2, -0.15) is 0 Å². The van der Waals surface area contributed by atoms with Crippen molar-refractivity contribution in [2.24, 2.45) is 5.41 Å². The number of para-hydroxylation sites is 1. The zero-order valence-electron chi connectivity index (χ0n) is 12.0. The highest BCUT2D eigenvalue weighted by Crippen LogP contribution is 2.41. The van der Waals surface area contributed by atoms with E-state index in [2.05, 4.69) is 49.1 Å². The van der Waals surface area contributed by atoms with Gasteiger partial charge in [0.25, 0.3) is 0 Å². The lowest BCUT2D eigenvalue weighted by molar-refractivity contribution is 0.178. The van der Waals surface area contributed by atoms with Crippen LogP contribution in [-0.4, -0.2) is 13.1 Å². The second-order valence-corrected chi connectivity index (χ2v) is 5.82. The Kier molecular flexibility index (Phi) is 4.68. The molecule has 0 spiro atoms. The Balaban J connectivity index is 1.97. The average molecular weight is 245 g/mol. The Labute approximate surface area is 112 Å². The van der Waals surface area contributed by atoms with Crippen LogP contribution >= 0.6 is 0 Å². The average Bonchev–Trinajstić information content (AvgIpc) is 2.41. The normalized spacial score (nSPS) is 18.9. The summed E-state index contributed by atoms with van der Waals surface area (Å²) >= 11 is 0. The molecule has 2 rings (SSSR count). The highest BCUT2D eigenvalue weighted by molar-refractivity contribution is 5.46. The van der Waals surface area contributed by atoms with Gasteiger partial charge in [-0.15, -0.1) is 0 Å². The summed E-state index contributed by atoms with van der Waals surface area (Å²) in [7, 11) is 0. The van der Waals surface area contributed by atoms with E-state index in [0.717, 1.165) is 0 Å². The third-order valence-electron chi connectivity index (χ3n) is 4.51. The fraction of sp³-hybridized carbons (Fsp3) is 0.647. The van der Waals surface area contributed by atoms with Crippen LogP contribution in [0.3, 0.4) is 0 Å². The van der Waals surface area contributed by atoms with Gasteiger partial charge < -0.3 is 4.90 Å². The molecule has 1 saturated heterocycles. The maximum atomic E-state index is 2.56. The molecule has 1 fully saturated rings. The predicted octanol–water partition coefficient (Wildman–Crippen LogP) is 4.87. The van der Waals surface area contributed by atoms with Crippen LogP contribution in [0.15, 0.2) is 30.3 Å². The third-order valence-corrected chi connectivity index (χ3v) is 4.51. The molecule has 0 bridgehead atoms. The van der Waals surface area contributed by atoms with Crippen molar-refractivity contribution in [3.05, 3.63) is 30.3 Å². The molecule has 1 nitrogen and oxygen atoms in total. The lowest BCUT2D eigenvalue weighted by Gasteiger charge is -2.43. The first-order valence-corrected chi connectivity index (χ1v) is 7.60. The lowest BCUT2D eigenvalue weighted by atomic mass is 9.72. The molecule has 1 heterocycles. The zero-order chi connectivity index (χ0) is 12.8. The quantitative estimate of drug-likeness (QED) is 0.715. The maximum Gasteiger partial charge on any atom is 0.0366 e. The lowest BCUT2D eigenvalue weighted by Crippen LogP contribution is -2.40. The summed E-state index contributed by atoms with van der Waals surface area (Å²) in [6.45, 7) is 7.15. The van der Waals surface area contributed by atoms with Crippen molar-refractivity contribution >= 4 is 5.69 Å². The molecule has 0 unspecified atom stereocenters. The molecule has 0 aromatic heterocycles. The second-order valence-electron chi connectivity index (χ2n) is 5.82. The van der Waals surface area contributed by atoms with Crippen LogP contribution in [0, 0.1) is 5.41 Å². The van der Waals surface area contributed by atoms with Gasteiger partial charge in [-0.3, -0.25) is 0 Å². The zero-order valence-corrected chi connectivity index (χ0v) is 12.0. The Hall–Kier alpha value is -0.980. The molecule has 0 atom stereocenters. The number of hydrogen-bond donors (Lipinski definition) is 0. The minimum atomic E-state index is 0.648. The van der Waals surface area contributed by atoms with E-state index in [1.54, 1.807) is 0 Å². The molecule has 1 aliphatic heterocycles. The first kappa shape index (κ1) is 13.5. The van der Waals surface area contributed by atoms with Crippen molar-refractivity contribution < 1.29 is 0 Å². The van der Waals surface area contributed by atoms with Crippen LogP contribution in [0.1, 0.15) is 52.4 Å². The topological polar surface area (TPSA) is 3.24 Å². The molecule has 0 N–H and O–H groups in total. The van der Waals surface area contributed by atoms with E-state index in [1.807, 2.05) is 0 Å². The maximum absolute atomic E-state index is 2.56. The first-order valence-electron chi connectivity index (χ1n) is 7.60. The molecule has 18 heavy (non-hydrogen) atoms. The number of nitrogens with zero attached hydrogens (tertiary/aromatic N) is 1. The van der Waals surface area contributed by atoms with Gasteiger partial charge in [-0.25, -0.2) is 0 Å². The molecule has 1 heteroatoms. The second kappa shape index (κ2) is 6.26. The molecule has 0 radical (unpaired) electrons. The largest absolute Gasteiger partial charge is 0.371 e. The molecule has 1 aliphatic rings. The smallest absolute Gasteiger partial charge is 0.0366 e. The Morgan fingerprint density at radius 3 is 2.00 bits per heavy atom. The van der Waals surface area contributed by atoms with E-state index in [1.165, 1.54) is 57.3 Å². The monoisotopic (exact) mass is 245 g/mol. The van der Waals surface area contributed by atoms with Crippen LogP contribution in [0.4, 0.5) is 5.69 Å². The van der Waals surface area contributed by atoms with Crippen LogP contribution in [-0.2, 0) is 0 Å². The number of rotatable bonds is 5. The Morgan fingerprint density at radius 2 is 1.50 bits per heavy atom. The third kappa shape index (κ3) is 3.07. The van der Waals surface area contributed by atoms with Gasteiger partial charge in [0.15, 0.2) is 0 Å². The van der Waals surface area contributed by atoms with Crippen molar-refractivity contribution in [1.82, 2.24) is 0 Å². The summed E-state index contributed by atoms with van der Waals surface area (Å²) in [6, 6.07) is 10.9. The molecule has 1 aromatic carbocycles. The van der Waals surface area contributed by atoms with Crippen molar-refractivity contribution in [1.29, 1.82) is 0 Å². The van der Waals surface area contributed by atoms with Gasteiger partial charge in [0.1, 0.15) is 0 Å². The number of piperidine rings is 1. The SMILES string of the molecule is CCCC1(CCC)CCN(c2ccccc2)CC1. The highest BCUT2D eigenvalue weighted by Gasteiger charge is 2.32. The van der Waals surface area contributed by atoms with E-state index >= 15 is 0 Å². The van der Waals surface area contributed by atoms with Crippen molar-refractivity contribution in [2.75, 3.05) is 18.0 Å². The first-order chi connectivity index (χ1) is 8.79. The Bertz CT molecular complexity index is 328. The Morgan fingerprint density at radius 1 is 0.944 bits per heavy atom. The summed E-state index contributed by atoms with van der Waals surface area (Å²) in [5.41, 5.74) is 2.05. The number of anilines is 1. The molecule has 1 aromatic rings. The predicted molar refractivity (Wildman–Crippen MR) is 80.1 cm³/mol. The minimum absolute atomic E-state index is 0.648. The molecule has 0 saturated carbocycles. The van der Waals surface area contributed by atoms with Gasteiger partial charge in [0.05, 0.1) is 0 Å². The molecule has 0 aliphatic carbocycles. The fourth-order valence-corrected chi connectivity index (χ4v) is 3.56. The van der Waals surface area contributed by atoms with Gasteiger partial charge in [-0.1, -0.05) is 44.9 Å².